The van der Waals surface area contributed by atoms with E-state index in [0.717, 1.165) is 12.7 Å². The van der Waals surface area contributed by atoms with E-state index in [1.807, 2.05) is 6.07 Å². The number of hydrogen-bond acceptors (Lipinski definition) is 4. The summed E-state index contributed by atoms with van der Waals surface area (Å²) < 4.78 is 30.1. The Morgan fingerprint density at radius 2 is 1.85 bits per heavy atom. The van der Waals surface area contributed by atoms with Crippen molar-refractivity contribution in [3.8, 4) is 0 Å². The van der Waals surface area contributed by atoms with Crippen molar-refractivity contribution in [1.82, 2.24) is 0 Å². The molecule has 1 aromatic carbocycles. The quantitative estimate of drug-likeness (QED) is 0.733. The number of benzene rings is 1. The van der Waals surface area contributed by atoms with Gasteiger partial charge in [-0.15, -0.1) is 0 Å². The van der Waals surface area contributed by atoms with E-state index in [4.69, 9.17) is 0 Å². The minimum absolute atomic E-state index is 0.00296. The predicted molar refractivity (Wildman–Crippen MR) is 47.2 cm³/mol. The van der Waals surface area contributed by atoms with E-state index in [0.29, 0.717) is 0 Å². The van der Waals surface area contributed by atoms with Crippen LogP contribution in [0.4, 0.5) is 0 Å². The second kappa shape index (κ2) is 4.36. The smallest absolute Gasteiger partial charge is 0.252 e. The van der Waals surface area contributed by atoms with E-state index < -0.39 is 10.4 Å². The van der Waals surface area contributed by atoms with E-state index in [1.165, 1.54) is 0 Å². The highest BCUT2D eigenvalue weighted by Crippen LogP contribution is 2.03. The third kappa shape index (κ3) is 3.54. The molecule has 13 heavy (non-hydrogen) atoms. The highest BCUT2D eigenvalue weighted by Gasteiger charge is 2.07. The first kappa shape index (κ1) is 10.2. The molecule has 1 aromatic rings. The molecule has 0 amide bonds. The molecule has 0 aromatic heterocycles. The summed E-state index contributed by atoms with van der Waals surface area (Å²) in [6.07, 6.45) is 0. The molecule has 0 atom stereocenters. The summed E-state index contributed by atoms with van der Waals surface area (Å²) in [5.74, 6) is 0. The van der Waals surface area contributed by atoms with Crippen LogP contribution >= 0.6 is 0 Å². The molecule has 0 unspecified atom stereocenters. The SMILES string of the molecule is COS(=O)(=O)OCc1ccccc1. The summed E-state index contributed by atoms with van der Waals surface area (Å²) in [5.41, 5.74) is 0.781. The summed E-state index contributed by atoms with van der Waals surface area (Å²) in [6, 6.07) is 8.99. The van der Waals surface area contributed by atoms with Crippen LogP contribution in [0.15, 0.2) is 30.3 Å². The second-order valence-corrected chi connectivity index (χ2v) is 3.71. The standard InChI is InChI=1S/C8H10O4S/c1-11-13(9,10)12-7-8-5-3-2-4-6-8/h2-6H,7H2,1H3. The lowest BCUT2D eigenvalue weighted by atomic mass is 10.2. The molecule has 0 aliphatic rings. The largest absolute Gasteiger partial charge is 0.399 e. The Labute approximate surface area is 77.4 Å². The van der Waals surface area contributed by atoms with E-state index >= 15 is 0 Å². The molecule has 0 radical (unpaired) electrons. The van der Waals surface area contributed by atoms with Gasteiger partial charge in [0.05, 0.1) is 13.7 Å². The number of hydrogen-bond donors (Lipinski definition) is 0. The van der Waals surface area contributed by atoms with Crippen molar-refractivity contribution in [2.24, 2.45) is 0 Å². The van der Waals surface area contributed by atoms with E-state index in [-0.39, 0.29) is 6.61 Å². The van der Waals surface area contributed by atoms with Gasteiger partial charge in [0.15, 0.2) is 0 Å². The normalized spacial score (nSPS) is 11.5. The fourth-order valence-electron chi connectivity index (χ4n) is 0.763. The molecule has 0 aliphatic heterocycles. The first-order valence-electron chi connectivity index (χ1n) is 3.63. The zero-order chi connectivity index (χ0) is 9.73. The summed E-state index contributed by atoms with van der Waals surface area (Å²) >= 11 is 0. The molecule has 0 aliphatic carbocycles. The third-order valence-corrected chi connectivity index (χ3v) is 2.23. The van der Waals surface area contributed by atoms with Crippen LogP contribution in [0.1, 0.15) is 5.56 Å². The van der Waals surface area contributed by atoms with Crippen molar-refractivity contribution in [2.45, 2.75) is 6.61 Å². The monoisotopic (exact) mass is 202 g/mol. The summed E-state index contributed by atoms with van der Waals surface area (Å²) in [5, 5.41) is 0. The van der Waals surface area contributed by atoms with E-state index in [9.17, 15) is 8.42 Å². The fraction of sp³-hybridized carbons (Fsp3) is 0.250. The molecule has 1 rings (SSSR count). The van der Waals surface area contributed by atoms with Gasteiger partial charge >= 0.3 is 10.4 Å². The van der Waals surface area contributed by atoms with Crippen LogP contribution in [0.25, 0.3) is 0 Å². The van der Waals surface area contributed by atoms with E-state index in [2.05, 4.69) is 8.37 Å². The van der Waals surface area contributed by atoms with Gasteiger partial charge in [0.25, 0.3) is 0 Å². The molecule has 5 heteroatoms. The third-order valence-electron chi connectivity index (χ3n) is 1.42. The molecular weight excluding hydrogens is 192 g/mol. The molecule has 0 bridgehead atoms. The van der Waals surface area contributed by atoms with Gasteiger partial charge in [-0.25, -0.2) is 4.18 Å². The van der Waals surface area contributed by atoms with Crippen molar-refractivity contribution in [3.63, 3.8) is 0 Å². The number of rotatable bonds is 4. The summed E-state index contributed by atoms with van der Waals surface area (Å²) in [7, 11) is -2.76. The Balaban J connectivity index is 2.54. The molecular formula is C8H10O4S. The van der Waals surface area contributed by atoms with Crippen LogP contribution in [-0.2, 0) is 25.4 Å². The lowest BCUT2D eigenvalue weighted by Gasteiger charge is -2.01. The average molecular weight is 202 g/mol. The topological polar surface area (TPSA) is 52.6 Å². The maximum Gasteiger partial charge on any atom is 0.399 e. The first-order chi connectivity index (χ1) is 6.14. The van der Waals surface area contributed by atoms with Crippen LogP contribution in [0, 0.1) is 0 Å². The summed E-state index contributed by atoms with van der Waals surface area (Å²) in [4.78, 5) is 0. The molecule has 4 nitrogen and oxygen atoms in total. The highest BCUT2D eigenvalue weighted by molar-refractivity contribution is 7.81. The zero-order valence-electron chi connectivity index (χ0n) is 7.14. The zero-order valence-corrected chi connectivity index (χ0v) is 7.95. The minimum atomic E-state index is -3.82. The minimum Gasteiger partial charge on any atom is -0.252 e. The molecule has 0 heterocycles. The van der Waals surface area contributed by atoms with Gasteiger partial charge in [-0.2, -0.15) is 8.42 Å². The van der Waals surface area contributed by atoms with Crippen LogP contribution < -0.4 is 0 Å². The Morgan fingerprint density at radius 3 is 2.38 bits per heavy atom. The highest BCUT2D eigenvalue weighted by atomic mass is 32.3. The van der Waals surface area contributed by atoms with Crippen molar-refractivity contribution < 1.29 is 16.8 Å². The Kier molecular flexibility index (Phi) is 3.41. The molecule has 0 fully saturated rings. The maximum absolute atomic E-state index is 10.7. The summed E-state index contributed by atoms with van der Waals surface area (Å²) in [6.45, 7) is -0.00296. The van der Waals surface area contributed by atoms with Gasteiger partial charge in [0.1, 0.15) is 0 Å². The van der Waals surface area contributed by atoms with Crippen LogP contribution in [-0.4, -0.2) is 15.5 Å². The van der Waals surface area contributed by atoms with E-state index in [1.54, 1.807) is 24.3 Å². The molecule has 0 saturated heterocycles. The van der Waals surface area contributed by atoms with Crippen LogP contribution in [0.5, 0.6) is 0 Å². The Hall–Kier alpha value is -0.910. The predicted octanol–water partition coefficient (Wildman–Crippen LogP) is 1.09. The fourth-order valence-corrected chi connectivity index (χ4v) is 1.14. The van der Waals surface area contributed by atoms with Gasteiger partial charge < -0.3 is 0 Å². The maximum atomic E-state index is 10.7. The van der Waals surface area contributed by atoms with Crippen molar-refractivity contribution in [1.29, 1.82) is 0 Å². The van der Waals surface area contributed by atoms with Gasteiger partial charge in [-0.3, -0.25) is 4.18 Å². The van der Waals surface area contributed by atoms with Crippen LogP contribution in [0.2, 0.25) is 0 Å². The van der Waals surface area contributed by atoms with Crippen LogP contribution in [0.3, 0.4) is 0 Å². The lowest BCUT2D eigenvalue weighted by molar-refractivity contribution is 0.236. The average Bonchev–Trinajstić information content (AvgIpc) is 2.17. The molecule has 0 N–H and O–H groups in total. The Morgan fingerprint density at radius 1 is 1.23 bits per heavy atom. The lowest BCUT2D eigenvalue weighted by Crippen LogP contribution is -2.06. The van der Waals surface area contributed by atoms with Crippen molar-refractivity contribution in [2.75, 3.05) is 7.11 Å². The second-order valence-electron chi connectivity index (χ2n) is 2.32. The van der Waals surface area contributed by atoms with Gasteiger partial charge in [-0.1, -0.05) is 30.3 Å². The van der Waals surface area contributed by atoms with Gasteiger partial charge in [0.2, 0.25) is 0 Å². The van der Waals surface area contributed by atoms with Crippen molar-refractivity contribution in [3.05, 3.63) is 35.9 Å². The van der Waals surface area contributed by atoms with Crippen molar-refractivity contribution >= 4 is 10.4 Å². The molecule has 72 valence electrons. The first-order valence-corrected chi connectivity index (χ1v) is 4.96. The molecule has 0 saturated carbocycles. The molecule has 0 spiro atoms. The van der Waals surface area contributed by atoms with Gasteiger partial charge in [-0.05, 0) is 5.56 Å². The van der Waals surface area contributed by atoms with Gasteiger partial charge in [0, 0.05) is 0 Å². The Bertz CT molecular complexity index is 344.